The lowest BCUT2D eigenvalue weighted by Crippen LogP contribution is -2.39. The van der Waals surface area contributed by atoms with Gasteiger partial charge in [0.25, 0.3) is 0 Å². The number of benzene rings is 3. The van der Waals surface area contributed by atoms with Gasteiger partial charge in [-0.05, 0) is 68.3 Å². The van der Waals surface area contributed by atoms with Crippen LogP contribution in [0.15, 0.2) is 65.7 Å². The molecule has 6 nitrogen and oxygen atoms in total. The Balaban J connectivity index is 1.40. The van der Waals surface area contributed by atoms with E-state index in [1.54, 1.807) is 12.1 Å². The van der Waals surface area contributed by atoms with Crippen LogP contribution in [0.2, 0.25) is 5.02 Å². The van der Waals surface area contributed by atoms with Gasteiger partial charge >= 0.3 is 6.03 Å². The fourth-order valence-corrected chi connectivity index (χ4v) is 4.53. The number of aryl methyl sites for hydroxylation is 2. The highest BCUT2D eigenvalue weighted by Crippen LogP contribution is 2.39. The molecule has 0 aliphatic carbocycles. The summed E-state index contributed by atoms with van der Waals surface area (Å²) in [6.45, 7) is 6.86. The van der Waals surface area contributed by atoms with Gasteiger partial charge in [0.2, 0.25) is 0 Å². The first kappa shape index (κ1) is 22.3. The predicted octanol–water partition coefficient (Wildman–Crippen LogP) is 6.38. The zero-order chi connectivity index (χ0) is 23.7. The van der Waals surface area contributed by atoms with Gasteiger partial charge < -0.3 is 19.9 Å². The summed E-state index contributed by atoms with van der Waals surface area (Å²) in [5.41, 5.74) is 4.76. The van der Waals surface area contributed by atoms with Crippen molar-refractivity contribution in [2.45, 2.75) is 20.3 Å². The monoisotopic (exact) mass is 474 g/mol. The first-order chi connectivity index (χ1) is 16.5. The number of anilines is 1. The van der Waals surface area contributed by atoms with E-state index in [1.807, 2.05) is 42.2 Å². The van der Waals surface area contributed by atoms with Gasteiger partial charge in [-0.1, -0.05) is 35.4 Å². The van der Waals surface area contributed by atoms with E-state index in [9.17, 15) is 4.79 Å². The van der Waals surface area contributed by atoms with Gasteiger partial charge in [-0.15, -0.1) is 0 Å². The van der Waals surface area contributed by atoms with Crippen molar-refractivity contribution in [3.05, 3.63) is 82.4 Å². The van der Waals surface area contributed by atoms with Crippen LogP contribution in [0.25, 0.3) is 0 Å². The summed E-state index contributed by atoms with van der Waals surface area (Å²) >= 11 is 6.06. The van der Waals surface area contributed by atoms with Crippen LogP contribution in [0.1, 0.15) is 23.1 Å². The molecule has 2 aliphatic rings. The molecule has 3 aromatic rings. The van der Waals surface area contributed by atoms with Crippen LogP contribution < -0.4 is 10.1 Å². The second kappa shape index (κ2) is 9.39. The number of amidine groups is 1. The number of nitrogens with one attached hydrogen (secondary N) is 1. The van der Waals surface area contributed by atoms with Crippen molar-refractivity contribution in [2.75, 3.05) is 31.5 Å². The molecule has 1 N–H and O–H groups in total. The van der Waals surface area contributed by atoms with E-state index >= 15 is 0 Å². The van der Waals surface area contributed by atoms with E-state index in [0.717, 1.165) is 52.7 Å². The lowest BCUT2D eigenvalue weighted by atomic mass is 10.1. The number of hydrogen-bond acceptors (Lipinski definition) is 4. The topological polar surface area (TPSA) is 57.2 Å². The lowest BCUT2D eigenvalue weighted by Gasteiger charge is -2.25. The van der Waals surface area contributed by atoms with Crippen LogP contribution in [-0.2, 0) is 0 Å². The number of aliphatic imine (C=N–C) groups is 1. The molecule has 1 saturated heterocycles. The highest BCUT2D eigenvalue weighted by atomic mass is 35.5. The number of hydrogen-bond donors (Lipinski definition) is 1. The SMILES string of the molecule is Cc1ccc2c(c1)Oc1ccc(C)cc1C(N1CCCN(C(=O)Nc3cccc(Cl)c3)CC1)=N2. The van der Waals surface area contributed by atoms with Crippen molar-refractivity contribution < 1.29 is 9.53 Å². The zero-order valence-corrected chi connectivity index (χ0v) is 20.1. The standard InChI is InChI=1S/C27H27ClN4O2/c1-18-8-10-24-22(15-18)26(30-23-9-7-19(2)16-25(23)34-24)31-11-4-12-32(14-13-31)27(33)29-21-6-3-5-20(28)17-21/h3,5-10,15-17H,4,11-14H2,1-2H3,(H,29,33). The van der Waals surface area contributed by atoms with E-state index in [1.165, 1.54) is 0 Å². The van der Waals surface area contributed by atoms with Crippen LogP contribution in [0.3, 0.4) is 0 Å². The molecule has 0 bridgehead atoms. The molecule has 3 aromatic carbocycles. The van der Waals surface area contributed by atoms with Gasteiger partial charge in [-0.2, -0.15) is 0 Å². The molecule has 0 spiro atoms. The summed E-state index contributed by atoms with van der Waals surface area (Å²) in [5.74, 6) is 2.45. The minimum Gasteiger partial charge on any atom is -0.454 e. The largest absolute Gasteiger partial charge is 0.454 e. The van der Waals surface area contributed by atoms with E-state index < -0.39 is 0 Å². The van der Waals surface area contributed by atoms with E-state index in [2.05, 4.69) is 35.3 Å². The van der Waals surface area contributed by atoms with Crippen molar-refractivity contribution in [2.24, 2.45) is 4.99 Å². The number of amides is 2. The number of nitrogens with zero attached hydrogens (tertiary/aromatic N) is 3. The molecule has 1 fully saturated rings. The van der Waals surface area contributed by atoms with Gasteiger partial charge in [-0.25, -0.2) is 9.79 Å². The first-order valence-corrected chi connectivity index (χ1v) is 11.9. The number of rotatable bonds is 1. The van der Waals surface area contributed by atoms with E-state index in [4.69, 9.17) is 21.3 Å². The summed E-state index contributed by atoms with van der Waals surface area (Å²) in [5, 5.41) is 3.56. The first-order valence-electron chi connectivity index (χ1n) is 11.5. The van der Waals surface area contributed by atoms with Crippen LogP contribution in [-0.4, -0.2) is 47.8 Å². The summed E-state index contributed by atoms with van der Waals surface area (Å²) < 4.78 is 6.30. The van der Waals surface area contributed by atoms with Gasteiger partial charge in [0.05, 0.1) is 5.56 Å². The Morgan fingerprint density at radius 1 is 0.941 bits per heavy atom. The van der Waals surface area contributed by atoms with Gasteiger partial charge in [0.15, 0.2) is 5.75 Å². The van der Waals surface area contributed by atoms with Gasteiger partial charge in [0.1, 0.15) is 17.3 Å². The maximum Gasteiger partial charge on any atom is 0.321 e. The summed E-state index contributed by atoms with van der Waals surface area (Å²) in [7, 11) is 0. The van der Waals surface area contributed by atoms with Gasteiger partial charge in [0, 0.05) is 36.9 Å². The number of carbonyl (C=O) groups is 1. The Morgan fingerprint density at radius 3 is 2.62 bits per heavy atom. The van der Waals surface area contributed by atoms with Crippen LogP contribution in [0.4, 0.5) is 16.2 Å². The molecule has 34 heavy (non-hydrogen) atoms. The number of carbonyl (C=O) groups excluding carboxylic acids is 1. The molecule has 2 aliphatic heterocycles. The molecule has 174 valence electrons. The van der Waals surface area contributed by atoms with Gasteiger partial charge in [-0.3, -0.25) is 0 Å². The third-order valence-corrected chi connectivity index (χ3v) is 6.33. The van der Waals surface area contributed by atoms with E-state index in [0.29, 0.717) is 30.3 Å². The van der Waals surface area contributed by atoms with Crippen molar-refractivity contribution >= 4 is 34.8 Å². The summed E-state index contributed by atoms with van der Waals surface area (Å²) in [6.07, 6.45) is 0.838. The van der Waals surface area contributed by atoms with Crippen molar-refractivity contribution in [1.29, 1.82) is 0 Å². The Morgan fingerprint density at radius 2 is 1.76 bits per heavy atom. The second-order valence-corrected chi connectivity index (χ2v) is 9.21. The average Bonchev–Trinajstić information content (AvgIpc) is 3.14. The Labute approximate surface area is 204 Å². The molecule has 0 atom stereocenters. The molecule has 2 amide bonds. The highest BCUT2D eigenvalue weighted by Gasteiger charge is 2.26. The van der Waals surface area contributed by atoms with Crippen molar-refractivity contribution in [3.8, 4) is 11.5 Å². The van der Waals surface area contributed by atoms with E-state index in [-0.39, 0.29) is 6.03 Å². The molecule has 7 heteroatoms. The predicted molar refractivity (Wildman–Crippen MR) is 137 cm³/mol. The fraction of sp³-hybridized carbons (Fsp3) is 0.259. The molecule has 0 saturated carbocycles. The Kier molecular flexibility index (Phi) is 6.16. The van der Waals surface area contributed by atoms with Crippen molar-refractivity contribution in [3.63, 3.8) is 0 Å². The lowest BCUT2D eigenvalue weighted by molar-refractivity contribution is 0.214. The van der Waals surface area contributed by atoms with Crippen LogP contribution in [0.5, 0.6) is 11.5 Å². The van der Waals surface area contributed by atoms with Crippen LogP contribution in [0, 0.1) is 13.8 Å². The third-order valence-electron chi connectivity index (χ3n) is 6.10. The quantitative estimate of drug-likeness (QED) is 0.445. The molecular weight excluding hydrogens is 448 g/mol. The number of urea groups is 1. The number of halogens is 1. The maximum atomic E-state index is 12.9. The molecular formula is C27H27ClN4O2. The molecule has 2 heterocycles. The minimum atomic E-state index is -0.118. The summed E-state index contributed by atoms with van der Waals surface area (Å²) in [4.78, 5) is 22.1. The fourth-order valence-electron chi connectivity index (χ4n) is 4.34. The maximum absolute atomic E-state index is 12.9. The highest BCUT2D eigenvalue weighted by molar-refractivity contribution is 6.30. The number of fused-ring (bicyclic) bond motifs is 2. The Hall–Kier alpha value is -3.51. The third kappa shape index (κ3) is 4.73. The average molecular weight is 475 g/mol. The molecule has 0 aromatic heterocycles. The van der Waals surface area contributed by atoms with Crippen molar-refractivity contribution in [1.82, 2.24) is 9.80 Å². The number of ether oxygens (including phenoxy) is 1. The normalized spacial score (nSPS) is 15.3. The minimum absolute atomic E-state index is 0.118. The zero-order valence-electron chi connectivity index (χ0n) is 19.3. The molecule has 0 unspecified atom stereocenters. The second-order valence-electron chi connectivity index (χ2n) is 8.78. The molecule has 5 rings (SSSR count). The van der Waals surface area contributed by atoms with Crippen LogP contribution >= 0.6 is 11.6 Å². The molecule has 0 radical (unpaired) electrons. The summed E-state index contributed by atoms with van der Waals surface area (Å²) in [6, 6.07) is 19.4. The smallest absolute Gasteiger partial charge is 0.321 e. The Bertz CT molecular complexity index is 1270.